The molecule has 0 bridgehead atoms. The van der Waals surface area contributed by atoms with E-state index in [9.17, 15) is 13.2 Å². The first kappa shape index (κ1) is 22.0. The van der Waals surface area contributed by atoms with Crippen molar-refractivity contribution in [3.8, 4) is 5.75 Å². The molecular formula is C22H26N2O5S. The number of amides is 1. The van der Waals surface area contributed by atoms with Crippen LogP contribution in [0, 0.1) is 13.8 Å². The van der Waals surface area contributed by atoms with Crippen LogP contribution in [0.5, 0.6) is 5.75 Å². The fourth-order valence-corrected chi connectivity index (χ4v) is 4.67. The van der Waals surface area contributed by atoms with Crippen LogP contribution in [-0.2, 0) is 19.6 Å². The molecule has 8 heteroatoms. The maximum Gasteiger partial charge on any atom is 0.248 e. The Kier molecular flexibility index (Phi) is 6.91. The summed E-state index contributed by atoms with van der Waals surface area (Å²) in [6, 6.07) is 10.4. The van der Waals surface area contributed by atoms with E-state index in [-0.39, 0.29) is 10.8 Å². The van der Waals surface area contributed by atoms with E-state index < -0.39 is 10.0 Å². The standard InChI is InChI=1S/C22H26N2O5S/c1-16-4-5-18(17(2)14-16)6-9-22(25)23-20-15-19(7-8-21(20)28-3)30(26,27)24-10-12-29-13-11-24/h4-9,14-15H,10-13H2,1-3H3,(H,23,25)/b9-6+. The summed E-state index contributed by atoms with van der Waals surface area (Å²) < 4.78 is 37.7. The summed E-state index contributed by atoms with van der Waals surface area (Å²) >= 11 is 0. The van der Waals surface area contributed by atoms with Crippen molar-refractivity contribution in [3.05, 3.63) is 59.2 Å². The van der Waals surface area contributed by atoms with Gasteiger partial charge in [0.2, 0.25) is 15.9 Å². The predicted octanol–water partition coefficient (Wildman–Crippen LogP) is 2.98. The third-order valence-corrected chi connectivity index (χ3v) is 6.77. The van der Waals surface area contributed by atoms with Crippen LogP contribution < -0.4 is 10.1 Å². The number of carbonyl (C=O) groups excluding carboxylic acids is 1. The zero-order valence-electron chi connectivity index (χ0n) is 17.3. The molecule has 1 heterocycles. The Morgan fingerprint density at radius 1 is 1.13 bits per heavy atom. The Labute approximate surface area is 177 Å². The highest BCUT2D eigenvalue weighted by atomic mass is 32.2. The molecule has 30 heavy (non-hydrogen) atoms. The first-order chi connectivity index (χ1) is 14.3. The molecule has 2 aromatic rings. The van der Waals surface area contributed by atoms with Gasteiger partial charge < -0.3 is 14.8 Å². The van der Waals surface area contributed by atoms with Crippen LogP contribution in [0.25, 0.3) is 6.08 Å². The normalized spacial score (nSPS) is 15.3. The number of hydrogen-bond donors (Lipinski definition) is 1. The molecular weight excluding hydrogens is 404 g/mol. The van der Waals surface area contributed by atoms with Crippen molar-refractivity contribution in [3.63, 3.8) is 0 Å². The van der Waals surface area contributed by atoms with Crippen molar-refractivity contribution in [2.45, 2.75) is 18.7 Å². The molecule has 1 saturated heterocycles. The van der Waals surface area contributed by atoms with Crippen LogP contribution in [0.15, 0.2) is 47.4 Å². The molecule has 1 fully saturated rings. The fourth-order valence-electron chi connectivity index (χ4n) is 3.23. The summed E-state index contributed by atoms with van der Waals surface area (Å²) in [6.07, 6.45) is 3.14. The van der Waals surface area contributed by atoms with Crippen molar-refractivity contribution in [2.24, 2.45) is 0 Å². The van der Waals surface area contributed by atoms with E-state index in [2.05, 4.69) is 5.32 Å². The molecule has 0 spiro atoms. The van der Waals surface area contributed by atoms with E-state index in [1.165, 1.54) is 35.7 Å². The molecule has 2 aromatic carbocycles. The number of carbonyl (C=O) groups is 1. The molecule has 0 unspecified atom stereocenters. The van der Waals surface area contributed by atoms with Gasteiger partial charge in [-0.05, 0) is 49.2 Å². The number of hydrogen-bond acceptors (Lipinski definition) is 5. The van der Waals surface area contributed by atoms with Crippen LogP contribution in [0.1, 0.15) is 16.7 Å². The molecule has 0 atom stereocenters. The van der Waals surface area contributed by atoms with Gasteiger partial charge in [-0.15, -0.1) is 0 Å². The van der Waals surface area contributed by atoms with Crippen molar-refractivity contribution < 1.29 is 22.7 Å². The topological polar surface area (TPSA) is 84.9 Å². The molecule has 1 N–H and O–H groups in total. The number of aryl methyl sites for hydroxylation is 2. The van der Waals surface area contributed by atoms with E-state index in [1.807, 2.05) is 32.0 Å². The van der Waals surface area contributed by atoms with E-state index in [4.69, 9.17) is 9.47 Å². The van der Waals surface area contributed by atoms with Gasteiger partial charge in [-0.2, -0.15) is 4.31 Å². The quantitative estimate of drug-likeness (QED) is 0.712. The average molecular weight is 431 g/mol. The van der Waals surface area contributed by atoms with Gasteiger partial charge in [0.25, 0.3) is 0 Å². The second kappa shape index (κ2) is 9.42. The minimum atomic E-state index is -3.68. The fraction of sp³-hybridized carbons (Fsp3) is 0.318. The number of morpholine rings is 1. The molecule has 160 valence electrons. The predicted molar refractivity (Wildman–Crippen MR) is 116 cm³/mol. The van der Waals surface area contributed by atoms with Gasteiger partial charge in [0.1, 0.15) is 5.75 Å². The van der Waals surface area contributed by atoms with Gasteiger partial charge in [-0.25, -0.2) is 8.42 Å². The van der Waals surface area contributed by atoms with E-state index >= 15 is 0 Å². The number of rotatable bonds is 6. The zero-order chi connectivity index (χ0) is 21.7. The van der Waals surface area contributed by atoms with Gasteiger partial charge in [-0.3, -0.25) is 4.79 Å². The number of benzene rings is 2. The first-order valence-corrected chi connectivity index (χ1v) is 11.1. The van der Waals surface area contributed by atoms with Crippen molar-refractivity contribution in [1.82, 2.24) is 4.31 Å². The molecule has 1 aliphatic heterocycles. The van der Waals surface area contributed by atoms with Crippen LogP contribution in [0.2, 0.25) is 0 Å². The van der Waals surface area contributed by atoms with Gasteiger partial charge in [-0.1, -0.05) is 23.8 Å². The maximum atomic E-state index is 12.9. The third kappa shape index (κ3) is 5.08. The minimum Gasteiger partial charge on any atom is -0.495 e. The Bertz CT molecular complexity index is 1060. The molecule has 0 aliphatic carbocycles. The summed E-state index contributed by atoms with van der Waals surface area (Å²) in [7, 11) is -2.22. The molecule has 1 amide bonds. The molecule has 3 rings (SSSR count). The molecule has 0 saturated carbocycles. The highest BCUT2D eigenvalue weighted by molar-refractivity contribution is 7.89. The van der Waals surface area contributed by atoms with Crippen molar-refractivity contribution >= 4 is 27.7 Å². The van der Waals surface area contributed by atoms with Crippen LogP contribution in [-0.4, -0.2) is 52.0 Å². The lowest BCUT2D eigenvalue weighted by atomic mass is 10.1. The van der Waals surface area contributed by atoms with E-state index in [0.29, 0.717) is 37.7 Å². The van der Waals surface area contributed by atoms with E-state index in [0.717, 1.165) is 16.7 Å². The molecule has 0 radical (unpaired) electrons. The first-order valence-electron chi connectivity index (χ1n) is 9.63. The summed E-state index contributed by atoms with van der Waals surface area (Å²) in [5.41, 5.74) is 3.45. The number of anilines is 1. The number of nitrogens with one attached hydrogen (secondary N) is 1. The lowest BCUT2D eigenvalue weighted by Gasteiger charge is -2.26. The largest absolute Gasteiger partial charge is 0.495 e. The van der Waals surface area contributed by atoms with Crippen LogP contribution in [0.3, 0.4) is 0 Å². The zero-order valence-corrected chi connectivity index (χ0v) is 18.2. The highest BCUT2D eigenvalue weighted by Gasteiger charge is 2.27. The Hall–Kier alpha value is -2.68. The van der Waals surface area contributed by atoms with E-state index in [1.54, 1.807) is 6.08 Å². The number of nitrogens with zero attached hydrogens (tertiary/aromatic N) is 1. The lowest BCUT2D eigenvalue weighted by Crippen LogP contribution is -2.40. The molecule has 7 nitrogen and oxygen atoms in total. The smallest absolute Gasteiger partial charge is 0.248 e. The van der Waals surface area contributed by atoms with Crippen LogP contribution in [0.4, 0.5) is 5.69 Å². The summed E-state index contributed by atoms with van der Waals surface area (Å²) in [5.74, 6) is -0.00149. The summed E-state index contributed by atoms with van der Waals surface area (Å²) in [6.45, 7) is 5.32. The number of sulfonamides is 1. The number of ether oxygens (including phenoxy) is 2. The Balaban J connectivity index is 1.81. The van der Waals surface area contributed by atoms with Gasteiger partial charge in [0.15, 0.2) is 0 Å². The van der Waals surface area contributed by atoms with Crippen molar-refractivity contribution in [2.75, 3.05) is 38.7 Å². The van der Waals surface area contributed by atoms with Gasteiger partial charge in [0.05, 0.1) is 30.9 Å². The summed E-state index contributed by atoms with van der Waals surface area (Å²) in [4.78, 5) is 12.6. The third-order valence-electron chi connectivity index (χ3n) is 4.88. The summed E-state index contributed by atoms with van der Waals surface area (Å²) in [5, 5.41) is 2.72. The molecule has 1 aliphatic rings. The highest BCUT2D eigenvalue weighted by Crippen LogP contribution is 2.29. The molecule has 0 aromatic heterocycles. The second-order valence-corrected chi connectivity index (χ2v) is 9.00. The van der Waals surface area contributed by atoms with Crippen molar-refractivity contribution in [1.29, 1.82) is 0 Å². The Morgan fingerprint density at radius 2 is 1.87 bits per heavy atom. The number of methoxy groups -OCH3 is 1. The SMILES string of the molecule is COc1ccc(S(=O)(=O)N2CCOCC2)cc1NC(=O)/C=C/c1ccc(C)cc1C. The van der Waals surface area contributed by atoms with Gasteiger partial charge in [0, 0.05) is 19.2 Å². The maximum absolute atomic E-state index is 12.9. The second-order valence-electron chi connectivity index (χ2n) is 7.06. The van der Waals surface area contributed by atoms with Crippen LogP contribution >= 0.6 is 0 Å². The lowest BCUT2D eigenvalue weighted by molar-refractivity contribution is -0.111. The van der Waals surface area contributed by atoms with Gasteiger partial charge >= 0.3 is 0 Å². The minimum absolute atomic E-state index is 0.0962. The average Bonchev–Trinajstić information content (AvgIpc) is 2.73. The monoisotopic (exact) mass is 430 g/mol. The Morgan fingerprint density at radius 3 is 2.53 bits per heavy atom.